The SMILES string of the molecule is [CH2]CC1=CCNC=C1. The highest BCUT2D eigenvalue weighted by atomic mass is 14.8. The van der Waals surface area contributed by atoms with Gasteiger partial charge < -0.3 is 5.32 Å². The molecule has 1 aliphatic heterocycles. The summed E-state index contributed by atoms with van der Waals surface area (Å²) in [6.45, 7) is 4.72. The molecule has 0 aromatic carbocycles. The summed E-state index contributed by atoms with van der Waals surface area (Å²) in [6.07, 6.45) is 7.06. The summed E-state index contributed by atoms with van der Waals surface area (Å²) in [5, 5.41) is 3.06. The van der Waals surface area contributed by atoms with Crippen LogP contribution in [0.25, 0.3) is 0 Å². The molecule has 0 saturated carbocycles. The number of nitrogens with one attached hydrogen (secondary N) is 1. The molecule has 0 spiro atoms. The van der Waals surface area contributed by atoms with Crippen LogP contribution >= 0.6 is 0 Å². The maximum Gasteiger partial charge on any atom is 0.0330 e. The highest BCUT2D eigenvalue weighted by molar-refractivity contribution is 5.22. The minimum absolute atomic E-state index is 0.901. The van der Waals surface area contributed by atoms with Gasteiger partial charge in [0, 0.05) is 6.54 Å². The van der Waals surface area contributed by atoms with E-state index < -0.39 is 0 Å². The first-order chi connectivity index (χ1) is 3.93. The zero-order valence-electron chi connectivity index (χ0n) is 4.85. The van der Waals surface area contributed by atoms with Crippen molar-refractivity contribution in [2.75, 3.05) is 6.54 Å². The zero-order chi connectivity index (χ0) is 5.82. The summed E-state index contributed by atoms with van der Waals surface area (Å²) in [6, 6.07) is 0. The molecule has 1 rings (SSSR count). The van der Waals surface area contributed by atoms with Crippen LogP contribution in [0.1, 0.15) is 6.42 Å². The van der Waals surface area contributed by atoms with Gasteiger partial charge in [-0.1, -0.05) is 6.08 Å². The molecular weight excluding hydrogens is 98.1 g/mol. The van der Waals surface area contributed by atoms with Gasteiger partial charge in [0.2, 0.25) is 0 Å². The Morgan fingerprint density at radius 3 is 3.00 bits per heavy atom. The van der Waals surface area contributed by atoms with E-state index in [9.17, 15) is 0 Å². The largest absolute Gasteiger partial charge is 0.387 e. The minimum Gasteiger partial charge on any atom is -0.387 e. The van der Waals surface area contributed by atoms with Gasteiger partial charge in [0.1, 0.15) is 0 Å². The lowest BCUT2D eigenvalue weighted by atomic mass is 10.1. The Labute approximate surface area is 50.1 Å². The van der Waals surface area contributed by atoms with Gasteiger partial charge in [-0.15, -0.1) is 0 Å². The van der Waals surface area contributed by atoms with Crippen LogP contribution in [-0.2, 0) is 0 Å². The second kappa shape index (κ2) is 2.55. The first kappa shape index (κ1) is 5.42. The Bertz CT molecular complexity index is 122. The molecule has 0 fully saturated rings. The standard InChI is InChI=1S/C7H10N/c1-2-7-3-5-8-6-4-7/h3-5,8H,1-2,6H2. The highest BCUT2D eigenvalue weighted by Gasteiger charge is 1.89. The van der Waals surface area contributed by atoms with E-state index in [1.54, 1.807) is 0 Å². The maximum absolute atomic E-state index is 3.76. The van der Waals surface area contributed by atoms with Crippen molar-refractivity contribution in [1.29, 1.82) is 0 Å². The predicted molar refractivity (Wildman–Crippen MR) is 35.2 cm³/mol. The van der Waals surface area contributed by atoms with E-state index in [1.165, 1.54) is 5.57 Å². The lowest BCUT2D eigenvalue weighted by Gasteiger charge is -2.03. The zero-order valence-corrected chi connectivity index (χ0v) is 4.85. The van der Waals surface area contributed by atoms with Gasteiger partial charge in [-0.25, -0.2) is 0 Å². The van der Waals surface area contributed by atoms with Crippen LogP contribution in [0.2, 0.25) is 0 Å². The van der Waals surface area contributed by atoms with Gasteiger partial charge in [-0.3, -0.25) is 0 Å². The van der Waals surface area contributed by atoms with Gasteiger partial charge in [0.15, 0.2) is 0 Å². The van der Waals surface area contributed by atoms with Crippen LogP contribution in [0.15, 0.2) is 23.9 Å². The van der Waals surface area contributed by atoms with E-state index in [1.807, 2.05) is 6.20 Å². The van der Waals surface area contributed by atoms with Gasteiger partial charge in [0.25, 0.3) is 0 Å². The lowest BCUT2D eigenvalue weighted by Crippen LogP contribution is -2.08. The number of hydrogen-bond donors (Lipinski definition) is 1. The van der Waals surface area contributed by atoms with E-state index >= 15 is 0 Å². The summed E-state index contributed by atoms with van der Waals surface area (Å²) in [7, 11) is 0. The van der Waals surface area contributed by atoms with Crippen molar-refractivity contribution in [3.8, 4) is 0 Å². The second-order valence-corrected chi connectivity index (χ2v) is 1.77. The van der Waals surface area contributed by atoms with E-state index in [-0.39, 0.29) is 0 Å². The first-order valence-corrected chi connectivity index (χ1v) is 2.81. The van der Waals surface area contributed by atoms with Crippen LogP contribution in [0.3, 0.4) is 0 Å². The van der Waals surface area contributed by atoms with E-state index in [0.717, 1.165) is 13.0 Å². The fraction of sp³-hybridized carbons (Fsp3) is 0.286. The Morgan fingerprint density at radius 2 is 2.62 bits per heavy atom. The summed E-state index contributed by atoms with van der Waals surface area (Å²) in [5.41, 5.74) is 1.32. The lowest BCUT2D eigenvalue weighted by molar-refractivity contribution is 0.949. The molecule has 0 aromatic rings. The molecule has 1 aliphatic rings. The Hall–Kier alpha value is -0.720. The van der Waals surface area contributed by atoms with Crippen LogP contribution in [0.5, 0.6) is 0 Å². The van der Waals surface area contributed by atoms with Gasteiger partial charge in [-0.05, 0) is 31.2 Å². The summed E-state index contributed by atoms with van der Waals surface area (Å²) in [4.78, 5) is 0. The molecule has 43 valence electrons. The smallest absolute Gasteiger partial charge is 0.0330 e. The predicted octanol–water partition coefficient (Wildman–Crippen LogP) is 1.25. The Morgan fingerprint density at radius 1 is 1.75 bits per heavy atom. The fourth-order valence-electron chi connectivity index (χ4n) is 0.677. The Kier molecular flexibility index (Phi) is 1.73. The van der Waals surface area contributed by atoms with Crippen molar-refractivity contribution in [3.63, 3.8) is 0 Å². The van der Waals surface area contributed by atoms with Crippen molar-refractivity contribution in [1.82, 2.24) is 5.32 Å². The normalized spacial score (nSPS) is 17.4. The van der Waals surface area contributed by atoms with Gasteiger partial charge >= 0.3 is 0 Å². The first-order valence-electron chi connectivity index (χ1n) is 2.81. The maximum atomic E-state index is 3.76. The average molecular weight is 108 g/mol. The van der Waals surface area contributed by atoms with Crippen molar-refractivity contribution >= 4 is 0 Å². The minimum atomic E-state index is 0.901. The molecule has 1 radical (unpaired) electrons. The quantitative estimate of drug-likeness (QED) is 0.533. The molecule has 0 amide bonds. The second-order valence-electron chi connectivity index (χ2n) is 1.77. The number of rotatable bonds is 1. The molecule has 1 heterocycles. The van der Waals surface area contributed by atoms with Crippen molar-refractivity contribution in [2.45, 2.75) is 6.42 Å². The van der Waals surface area contributed by atoms with E-state index in [0.29, 0.717) is 0 Å². The molecule has 8 heavy (non-hydrogen) atoms. The van der Waals surface area contributed by atoms with Crippen LogP contribution < -0.4 is 5.32 Å². The molecule has 0 bridgehead atoms. The fourth-order valence-corrected chi connectivity index (χ4v) is 0.677. The number of hydrogen-bond acceptors (Lipinski definition) is 1. The summed E-state index contributed by atoms with van der Waals surface area (Å²) >= 11 is 0. The van der Waals surface area contributed by atoms with Crippen LogP contribution in [0, 0.1) is 6.92 Å². The third-order valence-electron chi connectivity index (χ3n) is 1.19. The van der Waals surface area contributed by atoms with E-state index in [2.05, 4.69) is 24.4 Å². The molecule has 1 N–H and O–H groups in total. The summed E-state index contributed by atoms with van der Waals surface area (Å²) < 4.78 is 0. The molecule has 1 heteroatoms. The summed E-state index contributed by atoms with van der Waals surface area (Å²) in [5.74, 6) is 0. The number of allylic oxidation sites excluding steroid dienone is 2. The third-order valence-corrected chi connectivity index (χ3v) is 1.19. The van der Waals surface area contributed by atoms with Crippen LogP contribution in [0.4, 0.5) is 0 Å². The highest BCUT2D eigenvalue weighted by Crippen LogP contribution is 2.02. The average Bonchev–Trinajstić information content (AvgIpc) is 1.90. The van der Waals surface area contributed by atoms with Crippen molar-refractivity contribution in [2.24, 2.45) is 0 Å². The van der Waals surface area contributed by atoms with E-state index in [4.69, 9.17) is 0 Å². The molecule has 0 aliphatic carbocycles. The Balaban J connectivity index is 2.51. The molecule has 0 atom stereocenters. The van der Waals surface area contributed by atoms with Crippen molar-refractivity contribution < 1.29 is 0 Å². The molecule has 0 unspecified atom stereocenters. The molecule has 1 nitrogen and oxygen atoms in total. The molecule has 0 saturated heterocycles. The molecule has 0 aromatic heterocycles. The number of dihydropyridines is 1. The monoisotopic (exact) mass is 108 g/mol. The molecular formula is C7H10N. The van der Waals surface area contributed by atoms with Crippen LogP contribution in [-0.4, -0.2) is 6.54 Å². The topological polar surface area (TPSA) is 12.0 Å². The van der Waals surface area contributed by atoms with Gasteiger partial charge in [-0.2, -0.15) is 0 Å². The third kappa shape index (κ3) is 1.12. The van der Waals surface area contributed by atoms with Crippen molar-refractivity contribution in [3.05, 3.63) is 30.8 Å². The van der Waals surface area contributed by atoms with Gasteiger partial charge in [0.05, 0.1) is 0 Å².